The van der Waals surface area contributed by atoms with Crippen molar-refractivity contribution in [2.24, 2.45) is 0 Å². The number of hydrogen-bond donors (Lipinski definition) is 1. The lowest BCUT2D eigenvalue weighted by atomic mass is 9.94. The normalized spacial score (nSPS) is 14.7. The first-order valence-corrected chi connectivity index (χ1v) is 16.7. The Kier molecular flexibility index (Phi) is 10.9. The van der Waals surface area contributed by atoms with Gasteiger partial charge in [0, 0.05) is 24.0 Å². The second-order valence-electron chi connectivity index (χ2n) is 10.9. The van der Waals surface area contributed by atoms with Gasteiger partial charge in [-0.05, 0) is 54.7 Å². The molecule has 2 amide bonds. The third-order valence-electron chi connectivity index (χ3n) is 7.68. The first-order valence-electron chi connectivity index (χ1n) is 14.1. The molecule has 4 rings (SSSR count). The molecular formula is C32H37Cl2N3O4S. The molecule has 3 aromatic rings. The summed E-state index contributed by atoms with van der Waals surface area (Å²) in [5, 5.41) is 3.64. The van der Waals surface area contributed by atoms with E-state index in [2.05, 4.69) is 5.32 Å². The summed E-state index contributed by atoms with van der Waals surface area (Å²) in [4.78, 5) is 29.8. The maximum atomic E-state index is 14.3. The van der Waals surface area contributed by atoms with E-state index in [1.54, 1.807) is 0 Å². The van der Waals surface area contributed by atoms with Gasteiger partial charge in [0.15, 0.2) is 0 Å². The summed E-state index contributed by atoms with van der Waals surface area (Å²) in [6, 6.07) is 20.8. The zero-order valence-electron chi connectivity index (χ0n) is 23.9. The lowest BCUT2D eigenvalue weighted by Crippen LogP contribution is -2.55. The van der Waals surface area contributed by atoms with Crippen LogP contribution in [0.1, 0.15) is 48.8 Å². The van der Waals surface area contributed by atoms with Gasteiger partial charge >= 0.3 is 0 Å². The molecular weight excluding hydrogens is 593 g/mol. The average molecular weight is 631 g/mol. The molecule has 1 aliphatic rings. The summed E-state index contributed by atoms with van der Waals surface area (Å²) in [7, 11) is -3.93. The van der Waals surface area contributed by atoms with Crippen LogP contribution in [0, 0.1) is 6.92 Å². The molecule has 7 nitrogen and oxygen atoms in total. The minimum absolute atomic E-state index is 0.0420. The minimum Gasteiger partial charge on any atom is -0.352 e. The molecule has 0 radical (unpaired) electrons. The third kappa shape index (κ3) is 8.49. The largest absolute Gasteiger partial charge is 0.352 e. The Morgan fingerprint density at radius 2 is 1.62 bits per heavy atom. The van der Waals surface area contributed by atoms with Crippen molar-refractivity contribution >= 4 is 50.7 Å². The highest BCUT2D eigenvalue weighted by molar-refractivity contribution is 7.92. The summed E-state index contributed by atoms with van der Waals surface area (Å²) < 4.78 is 26.9. The Morgan fingerprint density at radius 3 is 2.26 bits per heavy atom. The van der Waals surface area contributed by atoms with Gasteiger partial charge in [-0.3, -0.25) is 13.9 Å². The van der Waals surface area contributed by atoms with E-state index in [9.17, 15) is 18.0 Å². The van der Waals surface area contributed by atoms with Crippen molar-refractivity contribution in [1.29, 1.82) is 0 Å². The van der Waals surface area contributed by atoms with Crippen molar-refractivity contribution < 1.29 is 18.0 Å². The van der Waals surface area contributed by atoms with Crippen LogP contribution in [0.5, 0.6) is 0 Å². The maximum absolute atomic E-state index is 14.3. The SMILES string of the molecule is Cc1ccccc1CN(C(=O)CN(c1ccc(Cl)cc1Cl)S(C)(=O)=O)[C@H](Cc1ccccc1)C(=O)NC1CCCCC1. The van der Waals surface area contributed by atoms with Crippen molar-refractivity contribution in [1.82, 2.24) is 10.2 Å². The Hall–Kier alpha value is -3.07. The molecule has 1 saturated carbocycles. The van der Waals surface area contributed by atoms with Crippen LogP contribution in [-0.2, 0) is 32.6 Å². The van der Waals surface area contributed by atoms with Gasteiger partial charge in [0.1, 0.15) is 12.6 Å². The zero-order chi connectivity index (χ0) is 30.3. The fourth-order valence-corrected chi connectivity index (χ4v) is 6.77. The smallest absolute Gasteiger partial charge is 0.244 e. The van der Waals surface area contributed by atoms with Crippen LogP contribution in [0.15, 0.2) is 72.8 Å². The van der Waals surface area contributed by atoms with Crippen molar-refractivity contribution in [3.05, 3.63) is 99.5 Å². The molecule has 0 heterocycles. The second kappa shape index (κ2) is 14.4. The van der Waals surface area contributed by atoms with E-state index in [0.717, 1.165) is 59.4 Å². The molecule has 0 unspecified atom stereocenters. The molecule has 3 aromatic carbocycles. The van der Waals surface area contributed by atoms with E-state index in [0.29, 0.717) is 5.02 Å². The van der Waals surface area contributed by atoms with Crippen molar-refractivity contribution in [3.63, 3.8) is 0 Å². The van der Waals surface area contributed by atoms with Gasteiger partial charge < -0.3 is 10.2 Å². The Balaban J connectivity index is 1.74. The quantitative estimate of drug-likeness (QED) is 0.275. The van der Waals surface area contributed by atoms with Gasteiger partial charge in [-0.2, -0.15) is 0 Å². The number of nitrogens with zero attached hydrogens (tertiary/aromatic N) is 2. The maximum Gasteiger partial charge on any atom is 0.244 e. The lowest BCUT2D eigenvalue weighted by molar-refractivity contribution is -0.140. The molecule has 42 heavy (non-hydrogen) atoms. The summed E-state index contributed by atoms with van der Waals surface area (Å²) in [5.41, 5.74) is 2.86. The van der Waals surface area contributed by atoms with Gasteiger partial charge in [-0.15, -0.1) is 0 Å². The molecule has 0 bridgehead atoms. The number of aryl methyl sites for hydroxylation is 1. The van der Waals surface area contributed by atoms with Crippen LogP contribution in [0.4, 0.5) is 5.69 Å². The number of amides is 2. The van der Waals surface area contributed by atoms with Crippen molar-refractivity contribution in [3.8, 4) is 0 Å². The number of carbonyl (C=O) groups is 2. The molecule has 0 spiro atoms. The highest BCUT2D eigenvalue weighted by Gasteiger charge is 2.34. The number of nitrogens with one attached hydrogen (secondary N) is 1. The number of rotatable bonds is 11. The standard InChI is InChI=1S/C32H37Cl2N3O4S/c1-23-11-9-10-14-25(23)21-36(31(38)22-37(42(2,40)41)29-18-17-26(33)20-28(29)34)30(19-24-12-5-3-6-13-24)32(39)35-27-15-7-4-8-16-27/h3,5-6,9-14,17-18,20,27,30H,4,7-8,15-16,19,21-22H2,1-2H3,(H,35,39)/t30-/m1/s1. The van der Waals surface area contributed by atoms with Crippen molar-refractivity contribution in [2.75, 3.05) is 17.1 Å². The molecule has 0 saturated heterocycles. The first-order chi connectivity index (χ1) is 20.0. The first kappa shape index (κ1) is 31.9. The van der Waals surface area contributed by atoms with Gasteiger partial charge in [0.25, 0.3) is 0 Å². The minimum atomic E-state index is -3.93. The number of halogens is 2. The van der Waals surface area contributed by atoms with Crippen molar-refractivity contribution in [2.45, 2.75) is 64.1 Å². The third-order valence-corrected chi connectivity index (χ3v) is 9.35. The van der Waals surface area contributed by atoms with Crippen LogP contribution in [0.3, 0.4) is 0 Å². The van der Waals surface area contributed by atoms with Crippen LogP contribution in [-0.4, -0.2) is 50.0 Å². The number of sulfonamides is 1. The van der Waals surface area contributed by atoms with E-state index in [4.69, 9.17) is 23.2 Å². The van der Waals surface area contributed by atoms with Gasteiger partial charge in [0.05, 0.1) is 17.0 Å². The number of hydrogen-bond acceptors (Lipinski definition) is 4. The molecule has 224 valence electrons. The van der Waals surface area contributed by atoms with Gasteiger partial charge in [0.2, 0.25) is 21.8 Å². The molecule has 1 aliphatic carbocycles. The summed E-state index contributed by atoms with van der Waals surface area (Å²) in [6.45, 7) is 1.55. The predicted molar refractivity (Wildman–Crippen MR) is 169 cm³/mol. The zero-order valence-corrected chi connectivity index (χ0v) is 26.3. The Labute approximate surface area is 258 Å². The number of anilines is 1. The highest BCUT2D eigenvalue weighted by Crippen LogP contribution is 2.31. The van der Waals surface area contributed by atoms with E-state index >= 15 is 0 Å². The molecule has 10 heteroatoms. The molecule has 1 fully saturated rings. The molecule has 0 aliphatic heterocycles. The fourth-order valence-electron chi connectivity index (χ4n) is 5.35. The van der Waals surface area contributed by atoms with E-state index in [1.165, 1.54) is 23.1 Å². The highest BCUT2D eigenvalue weighted by atomic mass is 35.5. The van der Waals surface area contributed by atoms with Gasteiger partial charge in [-0.1, -0.05) is 97.1 Å². The van der Waals surface area contributed by atoms with E-state index in [-0.39, 0.29) is 35.6 Å². The summed E-state index contributed by atoms with van der Waals surface area (Å²) in [6.07, 6.45) is 6.33. The van der Waals surface area contributed by atoms with E-state index < -0.39 is 28.5 Å². The summed E-state index contributed by atoms with van der Waals surface area (Å²) in [5.74, 6) is -0.766. The topological polar surface area (TPSA) is 86.8 Å². The fraction of sp³-hybridized carbons (Fsp3) is 0.375. The average Bonchev–Trinajstić information content (AvgIpc) is 2.95. The number of carbonyl (C=O) groups excluding carboxylic acids is 2. The lowest BCUT2D eigenvalue weighted by Gasteiger charge is -2.35. The summed E-state index contributed by atoms with van der Waals surface area (Å²) >= 11 is 12.5. The Bertz CT molecular complexity index is 1490. The van der Waals surface area contributed by atoms with Crippen LogP contribution < -0.4 is 9.62 Å². The van der Waals surface area contributed by atoms with Crippen LogP contribution >= 0.6 is 23.2 Å². The molecule has 1 atom stereocenters. The molecule has 0 aromatic heterocycles. The van der Waals surface area contributed by atoms with Crippen LogP contribution in [0.25, 0.3) is 0 Å². The number of benzene rings is 3. The molecule has 1 N–H and O–H groups in total. The van der Waals surface area contributed by atoms with E-state index in [1.807, 2.05) is 61.5 Å². The predicted octanol–water partition coefficient (Wildman–Crippen LogP) is 6.16. The monoisotopic (exact) mass is 629 g/mol. The van der Waals surface area contributed by atoms with Gasteiger partial charge in [-0.25, -0.2) is 8.42 Å². The second-order valence-corrected chi connectivity index (χ2v) is 13.6. The van der Waals surface area contributed by atoms with Crippen LogP contribution in [0.2, 0.25) is 10.0 Å². The Morgan fingerprint density at radius 1 is 0.952 bits per heavy atom.